The molecule has 3 heterocycles. The van der Waals surface area contributed by atoms with Crippen molar-refractivity contribution in [1.82, 2.24) is 25.1 Å². The van der Waals surface area contributed by atoms with Gasteiger partial charge in [0.15, 0.2) is 0 Å². The van der Waals surface area contributed by atoms with Crippen molar-refractivity contribution in [2.24, 2.45) is 0 Å². The van der Waals surface area contributed by atoms with Crippen LogP contribution in [-0.2, 0) is 12.8 Å². The summed E-state index contributed by atoms with van der Waals surface area (Å²) in [5.74, 6) is 1.26. The number of aromatic nitrogens is 5. The van der Waals surface area contributed by atoms with Crippen LogP contribution in [-0.4, -0.2) is 44.3 Å². The van der Waals surface area contributed by atoms with E-state index in [-0.39, 0.29) is 5.56 Å². The van der Waals surface area contributed by atoms with Crippen molar-refractivity contribution in [3.63, 3.8) is 0 Å². The molecule has 0 atom stereocenters. The van der Waals surface area contributed by atoms with Gasteiger partial charge >= 0.3 is 0 Å². The first-order valence-corrected chi connectivity index (χ1v) is 8.91. The third kappa shape index (κ3) is 4.12. The molecule has 0 aromatic carbocycles. The van der Waals surface area contributed by atoms with E-state index in [1.165, 1.54) is 6.07 Å². The molecular formula is C17H25N7O. The Kier molecular flexibility index (Phi) is 5.25. The van der Waals surface area contributed by atoms with E-state index in [0.29, 0.717) is 17.9 Å². The van der Waals surface area contributed by atoms with E-state index in [9.17, 15) is 4.79 Å². The standard InChI is InChI=1S/C17H25N7O/c1-4-13-14(5-2)22-23-16(20-13)19-12-6-8-24(9-7-12)17-18-11(3)10-15(25)21-17/h10,12H,4-9H2,1-3H3,(H,18,21,25)(H,19,20,23). The second kappa shape index (κ2) is 7.58. The number of H-pyrrole nitrogens is 1. The Labute approximate surface area is 147 Å². The maximum Gasteiger partial charge on any atom is 0.252 e. The molecule has 134 valence electrons. The minimum absolute atomic E-state index is 0.106. The van der Waals surface area contributed by atoms with Gasteiger partial charge < -0.3 is 10.2 Å². The lowest BCUT2D eigenvalue weighted by atomic mass is 10.1. The van der Waals surface area contributed by atoms with Crippen LogP contribution < -0.4 is 15.8 Å². The fourth-order valence-corrected chi connectivity index (χ4v) is 3.13. The highest BCUT2D eigenvalue weighted by Crippen LogP contribution is 2.18. The van der Waals surface area contributed by atoms with E-state index in [1.807, 2.05) is 6.92 Å². The largest absolute Gasteiger partial charge is 0.350 e. The lowest BCUT2D eigenvalue weighted by Crippen LogP contribution is -2.41. The summed E-state index contributed by atoms with van der Waals surface area (Å²) in [6.45, 7) is 7.64. The Hall–Kier alpha value is -2.51. The molecule has 0 radical (unpaired) electrons. The Morgan fingerprint density at radius 2 is 1.88 bits per heavy atom. The third-order valence-electron chi connectivity index (χ3n) is 4.49. The van der Waals surface area contributed by atoms with Crippen molar-refractivity contribution in [3.8, 4) is 0 Å². The van der Waals surface area contributed by atoms with E-state index < -0.39 is 0 Å². The van der Waals surface area contributed by atoms with Crippen LogP contribution >= 0.6 is 0 Å². The third-order valence-corrected chi connectivity index (χ3v) is 4.49. The van der Waals surface area contributed by atoms with E-state index in [4.69, 9.17) is 0 Å². The van der Waals surface area contributed by atoms with Crippen molar-refractivity contribution in [1.29, 1.82) is 0 Å². The fourth-order valence-electron chi connectivity index (χ4n) is 3.13. The fraction of sp³-hybridized carbons (Fsp3) is 0.588. The van der Waals surface area contributed by atoms with E-state index in [2.05, 4.69) is 49.2 Å². The molecule has 8 heteroatoms. The zero-order chi connectivity index (χ0) is 17.8. The highest BCUT2D eigenvalue weighted by atomic mass is 16.1. The summed E-state index contributed by atoms with van der Waals surface area (Å²) in [4.78, 5) is 25.6. The van der Waals surface area contributed by atoms with Crippen LogP contribution in [0.1, 0.15) is 43.8 Å². The first kappa shape index (κ1) is 17.3. The number of nitrogens with one attached hydrogen (secondary N) is 2. The van der Waals surface area contributed by atoms with Gasteiger partial charge in [-0.1, -0.05) is 13.8 Å². The number of anilines is 2. The van der Waals surface area contributed by atoms with Gasteiger partial charge in [0.25, 0.3) is 5.56 Å². The molecule has 1 aliphatic heterocycles. The number of hydrogen-bond acceptors (Lipinski definition) is 7. The summed E-state index contributed by atoms with van der Waals surface area (Å²) in [5.41, 5.74) is 2.61. The van der Waals surface area contributed by atoms with E-state index in [1.54, 1.807) is 0 Å². The highest BCUT2D eigenvalue weighted by Gasteiger charge is 2.22. The number of aryl methyl sites for hydroxylation is 3. The summed E-state index contributed by atoms with van der Waals surface area (Å²) in [7, 11) is 0. The Bertz CT molecular complexity index is 781. The first-order valence-electron chi connectivity index (χ1n) is 8.91. The Balaban J connectivity index is 1.62. The normalized spacial score (nSPS) is 15.4. The molecule has 0 amide bonds. The Morgan fingerprint density at radius 1 is 1.16 bits per heavy atom. The molecule has 0 spiro atoms. The summed E-state index contributed by atoms with van der Waals surface area (Å²) in [6, 6.07) is 1.81. The summed E-state index contributed by atoms with van der Waals surface area (Å²) in [5, 5.41) is 11.9. The van der Waals surface area contributed by atoms with E-state index in [0.717, 1.165) is 55.9 Å². The van der Waals surface area contributed by atoms with Crippen LogP contribution in [0.5, 0.6) is 0 Å². The predicted molar refractivity (Wildman–Crippen MR) is 97.0 cm³/mol. The molecule has 1 fully saturated rings. The van der Waals surface area contributed by atoms with Crippen molar-refractivity contribution in [3.05, 3.63) is 33.5 Å². The van der Waals surface area contributed by atoms with Crippen molar-refractivity contribution < 1.29 is 0 Å². The Morgan fingerprint density at radius 3 is 2.52 bits per heavy atom. The average Bonchev–Trinajstić information content (AvgIpc) is 2.61. The number of hydrogen-bond donors (Lipinski definition) is 2. The molecule has 1 aliphatic rings. The van der Waals surface area contributed by atoms with Crippen LogP contribution in [0.15, 0.2) is 10.9 Å². The number of aromatic amines is 1. The van der Waals surface area contributed by atoms with Crippen LogP contribution in [0, 0.1) is 6.92 Å². The second-order valence-corrected chi connectivity index (χ2v) is 6.35. The molecule has 2 N–H and O–H groups in total. The van der Waals surface area contributed by atoms with Gasteiger partial charge in [0, 0.05) is 30.9 Å². The van der Waals surface area contributed by atoms with Gasteiger partial charge in [-0.2, -0.15) is 5.10 Å². The van der Waals surface area contributed by atoms with Gasteiger partial charge in [-0.05, 0) is 32.6 Å². The van der Waals surface area contributed by atoms with Crippen LogP contribution in [0.25, 0.3) is 0 Å². The molecule has 25 heavy (non-hydrogen) atoms. The minimum Gasteiger partial charge on any atom is -0.350 e. The SMILES string of the molecule is CCc1nnc(NC2CCN(c3nc(C)cc(=O)[nH]3)CC2)nc1CC. The molecule has 2 aromatic rings. The van der Waals surface area contributed by atoms with Crippen LogP contribution in [0.3, 0.4) is 0 Å². The smallest absolute Gasteiger partial charge is 0.252 e. The van der Waals surface area contributed by atoms with Crippen LogP contribution in [0.2, 0.25) is 0 Å². The van der Waals surface area contributed by atoms with Crippen molar-refractivity contribution in [2.75, 3.05) is 23.3 Å². The lowest BCUT2D eigenvalue weighted by Gasteiger charge is -2.32. The number of piperidine rings is 1. The van der Waals surface area contributed by atoms with E-state index >= 15 is 0 Å². The maximum atomic E-state index is 11.6. The molecule has 0 saturated carbocycles. The van der Waals surface area contributed by atoms with Gasteiger partial charge in [-0.15, -0.1) is 5.10 Å². The lowest BCUT2D eigenvalue weighted by molar-refractivity contribution is 0.515. The second-order valence-electron chi connectivity index (χ2n) is 6.35. The minimum atomic E-state index is -0.106. The molecule has 0 bridgehead atoms. The van der Waals surface area contributed by atoms with Gasteiger partial charge in [0.2, 0.25) is 11.9 Å². The van der Waals surface area contributed by atoms with Gasteiger partial charge in [-0.25, -0.2) is 9.97 Å². The molecule has 8 nitrogen and oxygen atoms in total. The molecule has 2 aromatic heterocycles. The predicted octanol–water partition coefficient (Wildman–Crippen LogP) is 1.47. The maximum absolute atomic E-state index is 11.6. The zero-order valence-corrected chi connectivity index (χ0v) is 15.0. The molecule has 0 unspecified atom stereocenters. The number of rotatable bonds is 5. The van der Waals surface area contributed by atoms with Crippen LogP contribution in [0.4, 0.5) is 11.9 Å². The monoisotopic (exact) mass is 343 g/mol. The summed E-state index contributed by atoms with van der Waals surface area (Å²) >= 11 is 0. The van der Waals surface area contributed by atoms with Gasteiger partial charge in [-0.3, -0.25) is 9.78 Å². The first-order chi connectivity index (χ1) is 12.1. The zero-order valence-electron chi connectivity index (χ0n) is 15.0. The highest BCUT2D eigenvalue weighted by molar-refractivity contribution is 5.33. The van der Waals surface area contributed by atoms with Crippen molar-refractivity contribution >= 4 is 11.9 Å². The molecule has 3 rings (SSSR count). The molecule has 1 saturated heterocycles. The average molecular weight is 343 g/mol. The van der Waals surface area contributed by atoms with Crippen molar-refractivity contribution in [2.45, 2.75) is 52.5 Å². The molecular weight excluding hydrogens is 318 g/mol. The molecule has 0 aliphatic carbocycles. The summed E-state index contributed by atoms with van der Waals surface area (Å²) in [6.07, 6.45) is 3.57. The number of nitrogens with zero attached hydrogens (tertiary/aromatic N) is 5. The quantitative estimate of drug-likeness (QED) is 0.848. The topological polar surface area (TPSA) is 99.7 Å². The summed E-state index contributed by atoms with van der Waals surface area (Å²) < 4.78 is 0. The van der Waals surface area contributed by atoms with Gasteiger partial charge in [0.1, 0.15) is 0 Å². The van der Waals surface area contributed by atoms with Gasteiger partial charge in [0.05, 0.1) is 11.4 Å².